The summed E-state index contributed by atoms with van der Waals surface area (Å²) in [6, 6.07) is 6.33. The van der Waals surface area contributed by atoms with Crippen molar-refractivity contribution < 1.29 is 33.0 Å². The zero-order valence-electron chi connectivity index (χ0n) is 19.5. The van der Waals surface area contributed by atoms with Gasteiger partial charge in [-0.2, -0.15) is 0 Å². The van der Waals surface area contributed by atoms with Crippen molar-refractivity contribution in [1.82, 2.24) is 5.32 Å². The summed E-state index contributed by atoms with van der Waals surface area (Å²) in [6.45, 7) is 5.48. The van der Waals surface area contributed by atoms with Gasteiger partial charge in [-0.1, -0.05) is 0 Å². The van der Waals surface area contributed by atoms with E-state index in [0.29, 0.717) is 42.6 Å². The minimum absolute atomic E-state index is 0.00384. The molecule has 3 amide bonds. The van der Waals surface area contributed by atoms with Gasteiger partial charge in [0.25, 0.3) is 5.91 Å². The molecular weight excluding hydrogens is 442 g/mol. The second-order valence-electron chi connectivity index (χ2n) is 7.63. The molecule has 34 heavy (non-hydrogen) atoms. The van der Waals surface area contributed by atoms with Crippen LogP contribution in [0.15, 0.2) is 34.9 Å². The maximum atomic E-state index is 12.5. The van der Waals surface area contributed by atoms with Crippen LogP contribution in [-0.4, -0.2) is 50.2 Å². The Morgan fingerprint density at radius 1 is 1.00 bits per heavy atom. The molecule has 1 unspecified atom stereocenters. The number of carbonyl (C=O) groups excluding carboxylic acids is 3. The molecule has 1 atom stereocenters. The van der Waals surface area contributed by atoms with Crippen LogP contribution in [0.25, 0.3) is 0 Å². The van der Waals surface area contributed by atoms with Crippen LogP contribution < -0.4 is 25.4 Å². The predicted molar refractivity (Wildman–Crippen MR) is 125 cm³/mol. The minimum Gasteiger partial charge on any atom is -0.492 e. The van der Waals surface area contributed by atoms with Gasteiger partial charge in [0.15, 0.2) is 5.76 Å². The highest BCUT2D eigenvalue weighted by atomic mass is 16.5. The molecule has 1 aliphatic rings. The number of amides is 3. The number of furan rings is 1. The molecule has 1 fully saturated rings. The number of rotatable bonds is 12. The molecule has 1 saturated heterocycles. The highest BCUT2D eigenvalue weighted by Crippen LogP contribution is 2.37. The van der Waals surface area contributed by atoms with Gasteiger partial charge in [-0.3, -0.25) is 14.4 Å². The van der Waals surface area contributed by atoms with E-state index in [9.17, 15) is 14.4 Å². The third-order valence-corrected chi connectivity index (χ3v) is 5.08. The van der Waals surface area contributed by atoms with Gasteiger partial charge in [-0.15, -0.1) is 0 Å². The van der Waals surface area contributed by atoms with Gasteiger partial charge >= 0.3 is 0 Å². The first-order valence-corrected chi connectivity index (χ1v) is 11.5. The lowest BCUT2D eigenvalue weighted by atomic mass is 10.2. The van der Waals surface area contributed by atoms with Gasteiger partial charge in [0.2, 0.25) is 11.8 Å². The highest BCUT2D eigenvalue weighted by molar-refractivity contribution is 6.04. The Bertz CT molecular complexity index is 969. The van der Waals surface area contributed by atoms with E-state index in [0.717, 1.165) is 19.4 Å². The van der Waals surface area contributed by atoms with Crippen LogP contribution in [0.1, 0.15) is 50.1 Å². The fraction of sp³-hybridized carbons (Fsp3) is 0.458. The fourth-order valence-corrected chi connectivity index (χ4v) is 3.46. The van der Waals surface area contributed by atoms with E-state index in [1.807, 2.05) is 13.8 Å². The Morgan fingerprint density at radius 3 is 2.26 bits per heavy atom. The van der Waals surface area contributed by atoms with Crippen LogP contribution in [0.2, 0.25) is 0 Å². The van der Waals surface area contributed by atoms with E-state index < -0.39 is 5.91 Å². The second kappa shape index (κ2) is 12.6. The number of carbonyl (C=O) groups is 3. The monoisotopic (exact) mass is 473 g/mol. The quantitative estimate of drug-likeness (QED) is 0.431. The maximum absolute atomic E-state index is 12.5. The number of hydrogen-bond donors (Lipinski definition) is 3. The van der Waals surface area contributed by atoms with Gasteiger partial charge in [0.05, 0.1) is 37.0 Å². The third-order valence-electron chi connectivity index (χ3n) is 5.08. The van der Waals surface area contributed by atoms with Crippen LogP contribution >= 0.6 is 0 Å². The summed E-state index contributed by atoms with van der Waals surface area (Å²) >= 11 is 0. The Hall–Kier alpha value is -3.53. The average molecular weight is 474 g/mol. The van der Waals surface area contributed by atoms with Crippen molar-refractivity contribution in [3.63, 3.8) is 0 Å². The molecule has 0 bridgehead atoms. The Kier molecular flexibility index (Phi) is 9.33. The summed E-state index contributed by atoms with van der Waals surface area (Å²) in [5.41, 5.74) is 0.754. The first-order chi connectivity index (χ1) is 16.5. The molecule has 2 aromatic rings. The SMILES string of the molecule is CCOc1cc(NC(=O)c2ccco2)c(OCC)cc1NC(=O)CCC(=O)NCC1CCCO1. The number of ether oxygens (including phenoxy) is 3. The largest absolute Gasteiger partial charge is 0.492 e. The molecule has 10 heteroatoms. The van der Waals surface area contributed by atoms with Crippen molar-refractivity contribution in [1.29, 1.82) is 0 Å². The summed E-state index contributed by atoms with van der Waals surface area (Å²) in [4.78, 5) is 37.0. The van der Waals surface area contributed by atoms with E-state index in [2.05, 4.69) is 16.0 Å². The molecule has 2 heterocycles. The van der Waals surface area contributed by atoms with Crippen molar-refractivity contribution in [3.8, 4) is 11.5 Å². The molecular formula is C24H31N3O7. The normalized spacial score (nSPS) is 14.9. The van der Waals surface area contributed by atoms with E-state index in [4.69, 9.17) is 18.6 Å². The zero-order chi connectivity index (χ0) is 24.3. The first-order valence-electron chi connectivity index (χ1n) is 11.5. The van der Waals surface area contributed by atoms with Crippen molar-refractivity contribution in [2.24, 2.45) is 0 Å². The second-order valence-corrected chi connectivity index (χ2v) is 7.63. The van der Waals surface area contributed by atoms with Gasteiger partial charge in [0.1, 0.15) is 11.5 Å². The molecule has 184 valence electrons. The molecule has 0 aliphatic carbocycles. The molecule has 3 N–H and O–H groups in total. The van der Waals surface area contributed by atoms with Gasteiger partial charge in [-0.25, -0.2) is 0 Å². The highest BCUT2D eigenvalue weighted by Gasteiger charge is 2.19. The lowest BCUT2D eigenvalue weighted by molar-refractivity contribution is -0.124. The maximum Gasteiger partial charge on any atom is 0.291 e. The van der Waals surface area contributed by atoms with Crippen LogP contribution in [0.5, 0.6) is 11.5 Å². The predicted octanol–water partition coefficient (Wildman–Crippen LogP) is 3.34. The standard InChI is InChI=1S/C24H31N3O7/c1-3-31-20-14-18(27-24(30)19-8-6-12-34-19)21(32-4-2)13-17(20)26-23(29)10-9-22(28)25-15-16-7-5-11-33-16/h6,8,12-14,16H,3-5,7,9-11,15H2,1-2H3,(H,25,28)(H,26,29)(H,27,30). The molecule has 10 nitrogen and oxygen atoms in total. The summed E-state index contributed by atoms with van der Waals surface area (Å²) in [6.07, 6.45) is 3.45. The van der Waals surface area contributed by atoms with Crippen LogP contribution in [0.4, 0.5) is 11.4 Å². The smallest absolute Gasteiger partial charge is 0.291 e. The number of benzene rings is 1. The lowest BCUT2D eigenvalue weighted by Crippen LogP contribution is -2.32. The molecule has 0 spiro atoms. The number of anilines is 2. The Balaban J connectivity index is 1.64. The number of hydrogen-bond acceptors (Lipinski definition) is 7. The molecule has 3 rings (SSSR count). The van der Waals surface area contributed by atoms with Crippen LogP contribution in [-0.2, 0) is 14.3 Å². The fourth-order valence-electron chi connectivity index (χ4n) is 3.46. The Morgan fingerprint density at radius 2 is 1.68 bits per heavy atom. The first kappa shape index (κ1) is 25.1. The van der Waals surface area contributed by atoms with Crippen LogP contribution in [0.3, 0.4) is 0 Å². The summed E-state index contributed by atoms with van der Waals surface area (Å²) < 4.78 is 21.9. The molecule has 0 radical (unpaired) electrons. The zero-order valence-corrected chi connectivity index (χ0v) is 19.5. The topological polar surface area (TPSA) is 128 Å². The summed E-state index contributed by atoms with van der Waals surface area (Å²) in [5, 5.41) is 8.32. The molecule has 1 aliphatic heterocycles. The van der Waals surface area contributed by atoms with E-state index >= 15 is 0 Å². The third kappa shape index (κ3) is 7.24. The minimum atomic E-state index is -0.445. The summed E-state index contributed by atoms with van der Waals surface area (Å²) in [5.74, 6) is -0.133. The Labute approximate surface area is 198 Å². The van der Waals surface area contributed by atoms with Gasteiger partial charge in [-0.05, 0) is 38.8 Å². The van der Waals surface area contributed by atoms with Crippen molar-refractivity contribution in [2.45, 2.75) is 45.6 Å². The van der Waals surface area contributed by atoms with Gasteiger partial charge in [0, 0.05) is 38.1 Å². The molecule has 1 aromatic heterocycles. The van der Waals surface area contributed by atoms with Crippen molar-refractivity contribution >= 4 is 29.1 Å². The van der Waals surface area contributed by atoms with E-state index in [1.54, 1.807) is 24.3 Å². The van der Waals surface area contributed by atoms with E-state index in [1.165, 1.54) is 6.26 Å². The number of nitrogens with one attached hydrogen (secondary N) is 3. The molecule has 0 saturated carbocycles. The lowest BCUT2D eigenvalue weighted by Gasteiger charge is -2.17. The van der Waals surface area contributed by atoms with Gasteiger partial charge < -0.3 is 34.6 Å². The summed E-state index contributed by atoms with van der Waals surface area (Å²) in [7, 11) is 0. The van der Waals surface area contributed by atoms with Crippen LogP contribution in [0, 0.1) is 0 Å². The van der Waals surface area contributed by atoms with Crippen molar-refractivity contribution in [3.05, 3.63) is 36.3 Å². The van der Waals surface area contributed by atoms with Crippen molar-refractivity contribution in [2.75, 3.05) is 37.0 Å². The molecule has 1 aromatic carbocycles. The van der Waals surface area contributed by atoms with E-state index in [-0.39, 0.29) is 36.5 Å². The average Bonchev–Trinajstić information content (AvgIpc) is 3.54.